The van der Waals surface area contributed by atoms with Crippen LogP contribution < -0.4 is 20.1 Å². The number of nitrogens with zero attached hydrogens (tertiary/aromatic N) is 3. The van der Waals surface area contributed by atoms with Crippen LogP contribution in [0, 0.1) is 5.41 Å². The molecule has 4 fully saturated rings. The Balaban J connectivity index is 0.951. The Morgan fingerprint density at radius 1 is 0.900 bits per heavy atom. The lowest BCUT2D eigenvalue weighted by atomic mass is 9.73. The average molecular weight is 545 g/mol. The van der Waals surface area contributed by atoms with Crippen LogP contribution in [-0.2, 0) is 26.2 Å². The number of rotatable bonds is 9. The standard InChI is InChI=1S/C30H32N4O6/c31-27(35)40-26-11-25(12-26)39-24-7-3-21(4-8-24)30(18-37-19-30)20-1-5-23(6-2-20)38-13-22-9-10-32-28(33-22)34-14-29(15-34)16-36-17-29/h1-10,25-26H,11-19H2,(H2,31,35). The van der Waals surface area contributed by atoms with Crippen molar-refractivity contribution in [2.24, 2.45) is 11.1 Å². The maximum absolute atomic E-state index is 10.9. The van der Waals surface area contributed by atoms with Gasteiger partial charge in [-0.05, 0) is 41.5 Å². The van der Waals surface area contributed by atoms with Gasteiger partial charge in [0.2, 0.25) is 5.95 Å². The topological polar surface area (TPSA) is 118 Å². The largest absolute Gasteiger partial charge is 0.490 e. The Hall–Kier alpha value is -3.89. The highest BCUT2D eigenvalue weighted by atomic mass is 16.6. The highest BCUT2D eigenvalue weighted by molar-refractivity contribution is 5.64. The van der Waals surface area contributed by atoms with Crippen LogP contribution >= 0.6 is 0 Å². The van der Waals surface area contributed by atoms with Gasteiger partial charge in [-0.15, -0.1) is 0 Å². The third kappa shape index (κ3) is 4.71. The van der Waals surface area contributed by atoms with Gasteiger partial charge in [-0.1, -0.05) is 24.3 Å². The van der Waals surface area contributed by atoms with Crippen molar-refractivity contribution >= 4 is 12.0 Å². The lowest BCUT2D eigenvalue weighted by Crippen LogP contribution is -2.66. The van der Waals surface area contributed by atoms with Gasteiger partial charge >= 0.3 is 6.09 Å². The molecule has 0 bridgehead atoms. The fraction of sp³-hybridized carbons (Fsp3) is 0.433. The number of hydrogen-bond donors (Lipinski definition) is 1. The van der Waals surface area contributed by atoms with Gasteiger partial charge < -0.3 is 34.3 Å². The van der Waals surface area contributed by atoms with Crippen LogP contribution in [0.3, 0.4) is 0 Å². The number of carbonyl (C=O) groups is 1. The van der Waals surface area contributed by atoms with Crippen LogP contribution in [0.25, 0.3) is 0 Å². The second-order valence-electron chi connectivity index (χ2n) is 11.4. The van der Waals surface area contributed by atoms with Gasteiger partial charge in [-0.25, -0.2) is 14.8 Å². The van der Waals surface area contributed by atoms with E-state index in [9.17, 15) is 4.79 Å². The zero-order valence-corrected chi connectivity index (χ0v) is 22.2. The van der Waals surface area contributed by atoms with E-state index < -0.39 is 6.09 Å². The zero-order chi connectivity index (χ0) is 27.2. The fourth-order valence-electron chi connectivity index (χ4n) is 5.85. The third-order valence-electron chi connectivity index (χ3n) is 8.39. The minimum absolute atomic E-state index is 0.0305. The van der Waals surface area contributed by atoms with E-state index in [-0.39, 0.29) is 17.6 Å². The normalized spacial score (nSPS) is 23.6. The number of hydrogen-bond acceptors (Lipinski definition) is 9. The highest BCUT2D eigenvalue weighted by Gasteiger charge is 2.50. The van der Waals surface area contributed by atoms with E-state index in [1.54, 1.807) is 6.20 Å². The minimum Gasteiger partial charge on any atom is -0.490 e. The number of carbonyl (C=O) groups excluding carboxylic acids is 1. The Kier molecular flexibility index (Phi) is 6.24. The zero-order valence-electron chi connectivity index (χ0n) is 22.2. The first-order chi connectivity index (χ1) is 19.5. The molecular weight excluding hydrogens is 512 g/mol. The van der Waals surface area contributed by atoms with E-state index in [0.29, 0.717) is 38.1 Å². The van der Waals surface area contributed by atoms with Crippen molar-refractivity contribution in [1.82, 2.24) is 9.97 Å². The first-order valence-corrected chi connectivity index (χ1v) is 13.7. The number of ether oxygens (including phenoxy) is 5. The summed E-state index contributed by atoms with van der Waals surface area (Å²) >= 11 is 0. The van der Waals surface area contributed by atoms with Crippen molar-refractivity contribution in [1.29, 1.82) is 0 Å². The monoisotopic (exact) mass is 544 g/mol. The molecule has 1 spiro atoms. The van der Waals surface area contributed by atoms with E-state index >= 15 is 0 Å². The van der Waals surface area contributed by atoms with E-state index in [1.807, 2.05) is 30.3 Å². The molecule has 1 aromatic heterocycles. The molecule has 3 aromatic rings. The molecule has 40 heavy (non-hydrogen) atoms. The summed E-state index contributed by atoms with van der Waals surface area (Å²) in [6.07, 6.45) is 2.25. The second-order valence-corrected chi connectivity index (χ2v) is 11.4. The number of amides is 1. The van der Waals surface area contributed by atoms with Crippen molar-refractivity contribution < 1.29 is 28.5 Å². The second kappa shape index (κ2) is 9.94. The summed E-state index contributed by atoms with van der Waals surface area (Å²) < 4.78 is 28.1. The Morgan fingerprint density at radius 2 is 1.55 bits per heavy atom. The molecule has 0 atom stereocenters. The molecule has 1 aliphatic carbocycles. The maximum atomic E-state index is 10.9. The van der Waals surface area contributed by atoms with Crippen LogP contribution in [0.2, 0.25) is 0 Å². The van der Waals surface area contributed by atoms with E-state index in [2.05, 4.69) is 34.1 Å². The molecule has 0 unspecified atom stereocenters. The van der Waals surface area contributed by atoms with E-state index in [0.717, 1.165) is 49.4 Å². The molecule has 3 aliphatic heterocycles. The van der Waals surface area contributed by atoms with Crippen LogP contribution in [0.15, 0.2) is 60.8 Å². The molecule has 208 valence electrons. The van der Waals surface area contributed by atoms with E-state index in [4.69, 9.17) is 34.4 Å². The average Bonchev–Trinajstić information content (AvgIpc) is 2.86. The van der Waals surface area contributed by atoms with Crippen molar-refractivity contribution in [2.45, 2.75) is 37.1 Å². The fourth-order valence-corrected chi connectivity index (χ4v) is 5.85. The first-order valence-electron chi connectivity index (χ1n) is 13.7. The molecule has 4 heterocycles. The van der Waals surface area contributed by atoms with Crippen molar-refractivity contribution in [2.75, 3.05) is 44.4 Å². The van der Waals surface area contributed by atoms with Crippen LogP contribution in [0.5, 0.6) is 11.5 Å². The van der Waals surface area contributed by atoms with Crippen molar-refractivity contribution in [3.05, 3.63) is 77.6 Å². The Labute approximate surface area is 232 Å². The summed E-state index contributed by atoms with van der Waals surface area (Å²) in [5.41, 5.74) is 8.41. The highest BCUT2D eigenvalue weighted by Crippen LogP contribution is 2.41. The van der Waals surface area contributed by atoms with Crippen LogP contribution in [-0.4, -0.2) is 67.8 Å². The summed E-state index contributed by atoms with van der Waals surface area (Å²) in [5.74, 6) is 2.34. The third-order valence-corrected chi connectivity index (χ3v) is 8.39. The molecule has 10 nitrogen and oxygen atoms in total. The summed E-state index contributed by atoms with van der Waals surface area (Å²) in [4.78, 5) is 22.2. The van der Waals surface area contributed by atoms with Crippen molar-refractivity contribution in [3.63, 3.8) is 0 Å². The number of anilines is 1. The first kappa shape index (κ1) is 25.1. The minimum atomic E-state index is -0.736. The van der Waals surface area contributed by atoms with Gasteiger partial charge in [0.25, 0.3) is 0 Å². The lowest BCUT2D eigenvalue weighted by molar-refractivity contribution is -0.127. The summed E-state index contributed by atoms with van der Waals surface area (Å²) in [6.45, 7) is 5.21. The molecule has 0 radical (unpaired) electrons. The van der Waals surface area contributed by atoms with Gasteiger partial charge in [0.05, 0.1) is 43.0 Å². The SMILES string of the molecule is NC(=O)OC1CC(Oc2ccc(C3(c4ccc(OCc5ccnc(N6CC7(COC7)C6)n5)cc4)COC3)cc2)C1. The summed E-state index contributed by atoms with van der Waals surface area (Å²) in [6, 6.07) is 18.3. The van der Waals surface area contributed by atoms with Crippen LogP contribution in [0.4, 0.5) is 10.7 Å². The number of aromatic nitrogens is 2. The quantitative estimate of drug-likeness (QED) is 0.433. The van der Waals surface area contributed by atoms with Crippen molar-refractivity contribution in [3.8, 4) is 11.5 Å². The summed E-state index contributed by atoms with van der Waals surface area (Å²) in [5, 5.41) is 0. The van der Waals surface area contributed by atoms with Gasteiger partial charge in [-0.2, -0.15) is 0 Å². The van der Waals surface area contributed by atoms with Gasteiger partial charge in [0.1, 0.15) is 30.3 Å². The van der Waals surface area contributed by atoms with Gasteiger partial charge in [-0.3, -0.25) is 0 Å². The smallest absolute Gasteiger partial charge is 0.404 e. The maximum Gasteiger partial charge on any atom is 0.404 e. The molecular formula is C30H32N4O6. The number of benzene rings is 2. The molecule has 4 aliphatic rings. The lowest BCUT2D eigenvalue weighted by Gasteiger charge is -2.54. The predicted octanol–water partition coefficient (Wildman–Crippen LogP) is 3.21. The molecule has 10 heteroatoms. The molecule has 3 saturated heterocycles. The van der Waals surface area contributed by atoms with E-state index in [1.165, 1.54) is 11.1 Å². The number of primary amides is 1. The molecule has 2 aromatic carbocycles. The predicted molar refractivity (Wildman–Crippen MR) is 144 cm³/mol. The van der Waals surface area contributed by atoms with Gasteiger partial charge in [0.15, 0.2) is 0 Å². The Bertz CT molecular complexity index is 1360. The molecule has 7 rings (SSSR count). The molecule has 2 N–H and O–H groups in total. The summed E-state index contributed by atoms with van der Waals surface area (Å²) in [7, 11) is 0. The van der Waals surface area contributed by atoms with Crippen LogP contribution in [0.1, 0.15) is 29.7 Å². The number of nitrogens with two attached hydrogens (primary N) is 1. The van der Waals surface area contributed by atoms with Gasteiger partial charge in [0, 0.05) is 32.1 Å². The molecule has 1 amide bonds. The Morgan fingerprint density at radius 3 is 2.12 bits per heavy atom. The molecule has 1 saturated carbocycles.